The molecule has 8 rings (SSSR count). The molecule has 2 fully saturated rings. The number of anilines is 1. The first-order valence-corrected chi connectivity index (χ1v) is 18.0. The van der Waals surface area contributed by atoms with Gasteiger partial charge in [0.2, 0.25) is 11.7 Å². The van der Waals surface area contributed by atoms with Crippen LogP contribution in [0.5, 0.6) is 5.75 Å². The summed E-state index contributed by atoms with van der Waals surface area (Å²) in [6.45, 7) is 3.18. The van der Waals surface area contributed by atoms with Gasteiger partial charge in [-0.2, -0.15) is 9.50 Å². The molecule has 1 saturated heterocycles. The van der Waals surface area contributed by atoms with Gasteiger partial charge in [0.05, 0.1) is 34.3 Å². The summed E-state index contributed by atoms with van der Waals surface area (Å²) in [5, 5.41) is 17.4. The van der Waals surface area contributed by atoms with Crippen LogP contribution < -0.4 is 10.9 Å². The van der Waals surface area contributed by atoms with Crippen molar-refractivity contribution in [3.05, 3.63) is 98.2 Å². The van der Waals surface area contributed by atoms with E-state index in [2.05, 4.69) is 25.4 Å². The number of piperidine rings is 1. The van der Waals surface area contributed by atoms with E-state index in [0.29, 0.717) is 11.6 Å². The zero-order valence-corrected chi connectivity index (χ0v) is 30.6. The molecule has 1 unspecified atom stereocenters. The van der Waals surface area contributed by atoms with Gasteiger partial charge in [-0.05, 0) is 89.4 Å². The molecular weight excluding hydrogens is 719 g/mol. The molecule has 0 radical (unpaired) electrons. The van der Waals surface area contributed by atoms with E-state index >= 15 is 13.2 Å². The summed E-state index contributed by atoms with van der Waals surface area (Å²) in [4.78, 5) is 57.2. The van der Waals surface area contributed by atoms with Crippen LogP contribution in [0.2, 0.25) is 0 Å². The number of carbonyl (C=O) groups is 2. The summed E-state index contributed by atoms with van der Waals surface area (Å²) in [7, 11) is 3.44. The zero-order chi connectivity index (χ0) is 38.9. The highest BCUT2D eigenvalue weighted by Crippen LogP contribution is 2.48. The third-order valence-electron chi connectivity index (χ3n) is 10.6. The van der Waals surface area contributed by atoms with Crippen molar-refractivity contribution >= 4 is 23.3 Å². The quantitative estimate of drug-likeness (QED) is 0.230. The standard InChI is InChI=1S/C38H38F3N9O5/c1-19-33(52)31(43-18-42-19)36(54)48-11-9-38(10-12-48)30-32(20(2)55-38)49(17-29(51)44-28-8-7-22(13-27(28)41)21-5-6-21)37-45-34(46-50(37)35(30)53)24-15-25(39)23(14-26(24)40)16-47(3)4/h7-8,13-15,18,20-21,52H,5-6,9-12,16-17H2,1-4H3,(H,44,51). The summed E-state index contributed by atoms with van der Waals surface area (Å²) in [5.41, 5.74) is -0.615. The molecule has 286 valence electrons. The Morgan fingerprint density at radius 2 is 1.80 bits per heavy atom. The smallest absolute Gasteiger partial charge is 0.282 e. The Kier molecular flexibility index (Phi) is 8.95. The number of hydrogen-bond acceptors (Lipinski definition) is 10. The Hall–Kier alpha value is -5.68. The van der Waals surface area contributed by atoms with E-state index in [9.17, 15) is 19.5 Å². The molecule has 2 aromatic carbocycles. The number of aryl methyl sites for hydroxylation is 1. The SMILES string of the molecule is Cc1ncnc(C(=O)N2CCC3(CC2)OC(C)c2c3c(=O)n3nc(-c4cc(F)c(CN(C)C)cc4F)nc3n2CC(=O)Nc2ccc(C3CC3)cc2F)c1O. The zero-order valence-electron chi connectivity index (χ0n) is 30.6. The lowest BCUT2D eigenvalue weighted by atomic mass is 9.85. The Morgan fingerprint density at radius 1 is 1.05 bits per heavy atom. The first-order valence-electron chi connectivity index (χ1n) is 18.0. The van der Waals surface area contributed by atoms with Crippen LogP contribution in [0.25, 0.3) is 17.2 Å². The number of nitrogens with one attached hydrogen (secondary N) is 1. The normalized spacial score (nSPS) is 17.7. The summed E-state index contributed by atoms with van der Waals surface area (Å²) in [6, 6.07) is 6.73. The highest BCUT2D eigenvalue weighted by atomic mass is 19.1. The monoisotopic (exact) mass is 757 g/mol. The molecule has 1 spiro atoms. The minimum absolute atomic E-state index is 0.0247. The Balaban J connectivity index is 1.19. The van der Waals surface area contributed by atoms with Crippen LogP contribution in [0.15, 0.2) is 41.5 Å². The number of fused-ring (bicyclic) bond motifs is 3. The number of aromatic nitrogens is 6. The van der Waals surface area contributed by atoms with Crippen molar-refractivity contribution in [2.75, 3.05) is 32.5 Å². The van der Waals surface area contributed by atoms with Crippen molar-refractivity contribution in [2.24, 2.45) is 0 Å². The molecule has 2 N–H and O–H groups in total. The van der Waals surface area contributed by atoms with Gasteiger partial charge < -0.3 is 29.5 Å². The molecule has 17 heteroatoms. The molecule has 2 aliphatic heterocycles. The second-order valence-corrected chi connectivity index (χ2v) is 14.7. The van der Waals surface area contributed by atoms with E-state index in [1.807, 2.05) is 0 Å². The fraction of sp³-hybridized carbons (Fsp3) is 0.395. The number of rotatable bonds is 8. The molecular formula is C38H38F3N9O5. The molecule has 1 aliphatic carbocycles. The van der Waals surface area contributed by atoms with E-state index in [4.69, 9.17) is 4.74 Å². The van der Waals surface area contributed by atoms with Gasteiger partial charge in [-0.3, -0.25) is 14.4 Å². The Labute approximate surface area is 312 Å². The largest absolute Gasteiger partial charge is 0.504 e. The summed E-state index contributed by atoms with van der Waals surface area (Å²) in [6.07, 6.45) is 2.69. The van der Waals surface area contributed by atoms with E-state index in [1.165, 1.54) is 27.9 Å². The summed E-state index contributed by atoms with van der Waals surface area (Å²) >= 11 is 0. The highest BCUT2D eigenvalue weighted by Gasteiger charge is 2.51. The molecule has 0 bridgehead atoms. The second kappa shape index (κ2) is 13.6. The number of aromatic hydroxyl groups is 1. The van der Waals surface area contributed by atoms with E-state index in [-0.39, 0.29) is 83.6 Å². The number of likely N-dealkylation sites (tertiary alicyclic amines) is 1. The highest BCUT2D eigenvalue weighted by molar-refractivity contribution is 5.95. The number of halogens is 3. The fourth-order valence-electron chi connectivity index (χ4n) is 7.72. The number of hydrogen-bond donors (Lipinski definition) is 2. The van der Waals surface area contributed by atoms with Crippen molar-refractivity contribution < 1.29 is 32.6 Å². The topological polar surface area (TPSA) is 160 Å². The van der Waals surface area contributed by atoms with Gasteiger partial charge in [-0.25, -0.2) is 23.1 Å². The summed E-state index contributed by atoms with van der Waals surface area (Å²) in [5.74, 6) is -3.68. The van der Waals surface area contributed by atoms with E-state index in [0.717, 1.165) is 35.1 Å². The van der Waals surface area contributed by atoms with Gasteiger partial charge in [0, 0.05) is 25.2 Å². The van der Waals surface area contributed by atoms with Gasteiger partial charge in [0.1, 0.15) is 35.9 Å². The molecule has 3 aliphatic rings. The van der Waals surface area contributed by atoms with Crippen LogP contribution in [0.4, 0.5) is 18.9 Å². The lowest BCUT2D eigenvalue weighted by Crippen LogP contribution is -2.47. The fourth-order valence-corrected chi connectivity index (χ4v) is 7.72. The van der Waals surface area contributed by atoms with Gasteiger partial charge in [-0.1, -0.05) is 6.07 Å². The molecule has 1 saturated carbocycles. The maximum Gasteiger partial charge on any atom is 0.282 e. The number of ether oxygens (including phenoxy) is 1. The molecule has 55 heavy (non-hydrogen) atoms. The van der Waals surface area contributed by atoms with E-state index < -0.39 is 53.1 Å². The number of benzene rings is 2. The van der Waals surface area contributed by atoms with Crippen molar-refractivity contribution in [2.45, 2.75) is 70.2 Å². The minimum Gasteiger partial charge on any atom is -0.504 e. The molecule has 5 heterocycles. The van der Waals surface area contributed by atoms with E-state index in [1.54, 1.807) is 38.9 Å². The van der Waals surface area contributed by atoms with Crippen molar-refractivity contribution in [3.63, 3.8) is 0 Å². The van der Waals surface area contributed by atoms with Crippen LogP contribution in [-0.2, 0) is 28.2 Å². The predicted octanol–water partition coefficient (Wildman–Crippen LogP) is 4.58. The average molecular weight is 758 g/mol. The van der Waals surface area contributed by atoms with Gasteiger partial charge >= 0.3 is 0 Å². The van der Waals surface area contributed by atoms with Crippen molar-refractivity contribution in [1.82, 2.24) is 38.9 Å². The lowest BCUT2D eigenvalue weighted by molar-refractivity contribution is -0.116. The Bertz CT molecular complexity index is 2450. The summed E-state index contributed by atoms with van der Waals surface area (Å²) < 4.78 is 54.9. The number of nitrogens with zero attached hydrogens (tertiary/aromatic N) is 8. The molecule has 14 nitrogen and oxygen atoms in total. The average Bonchev–Trinajstić information content (AvgIpc) is 3.83. The molecule has 1 atom stereocenters. The van der Waals surface area contributed by atoms with Crippen LogP contribution in [-0.4, -0.2) is 83.0 Å². The number of carbonyl (C=O) groups excluding carboxylic acids is 2. The van der Waals surface area contributed by atoms with Crippen LogP contribution in [0.1, 0.15) is 83.2 Å². The second-order valence-electron chi connectivity index (χ2n) is 14.7. The molecule has 5 aromatic rings. The lowest BCUT2D eigenvalue weighted by Gasteiger charge is -2.39. The van der Waals surface area contributed by atoms with Gasteiger partial charge in [0.25, 0.3) is 11.5 Å². The first-order chi connectivity index (χ1) is 26.2. The predicted molar refractivity (Wildman–Crippen MR) is 192 cm³/mol. The van der Waals surface area contributed by atoms with Crippen molar-refractivity contribution in [1.29, 1.82) is 0 Å². The maximum atomic E-state index is 15.6. The molecule has 2 amide bonds. The van der Waals surface area contributed by atoms with Gasteiger partial charge in [-0.15, -0.1) is 5.10 Å². The van der Waals surface area contributed by atoms with Crippen LogP contribution in [0, 0.1) is 24.4 Å². The number of amides is 2. The third kappa shape index (κ3) is 6.40. The maximum absolute atomic E-state index is 15.6. The van der Waals surface area contributed by atoms with Crippen molar-refractivity contribution in [3.8, 4) is 17.1 Å². The van der Waals surface area contributed by atoms with Crippen LogP contribution >= 0.6 is 0 Å². The molecule has 3 aromatic heterocycles. The first kappa shape index (κ1) is 36.3. The van der Waals surface area contributed by atoms with Crippen LogP contribution in [0.3, 0.4) is 0 Å². The Morgan fingerprint density at radius 3 is 2.49 bits per heavy atom. The third-order valence-corrected chi connectivity index (χ3v) is 10.6. The van der Waals surface area contributed by atoms with Gasteiger partial charge in [0.15, 0.2) is 17.3 Å². The minimum atomic E-state index is -1.24.